The number of benzene rings is 1. The fourth-order valence-corrected chi connectivity index (χ4v) is 4.05. The molecule has 2 atom stereocenters. The average Bonchev–Trinajstić information content (AvgIpc) is 2.58. The molecular weight excluding hydrogens is 342 g/mol. The Labute approximate surface area is 161 Å². The number of para-hydroxylation sites is 1. The van der Waals surface area contributed by atoms with Gasteiger partial charge < -0.3 is 19.9 Å². The number of anilines is 1. The molecule has 2 aliphatic heterocycles. The zero-order valence-corrected chi connectivity index (χ0v) is 16.6. The molecule has 1 N–H and O–H groups in total. The van der Waals surface area contributed by atoms with Gasteiger partial charge in [-0.2, -0.15) is 0 Å². The molecule has 6 nitrogen and oxygen atoms in total. The van der Waals surface area contributed by atoms with Crippen molar-refractivity contribution < 1.29 is 14.3 Å². The number of likely N-dealkylation sites (tertiary alicyclic amines) is 2. The van der Waals surface area contributed by atoms with Crippen LogP contribution in [-0.2, 0) is 9.53 Å². The van der Waals surface area contributed by atoms with Gasteiger partial charge in [-0.15, -0.1) is 0 Å². The number of ether oxygens (including phenoxy) is 1. The SMILES string of the molecule is CC(C)(C)OC(=O)N1CC2CC(CN(CCC(=O)Nc3ccccc3)C2)C1. The summed E-state index contributed by atoms with van der Waals surface area (Å²) in [7, 11) is 0. The van der Waals surface area contributed by atoms with Gasteiger partial charge in [-0.3, -0.25) is 4.79 Å². The van der Waals surface area contributed by atoms with Crippen LogP contribution in [0.5, 0.6) is 0 Å². The van der Waals surface area contributed by atoms with E-state index >= 15 is 0 Å². The summed E-state index contributed by atoms with van der Waals surface area (Å²) < 4.78 is 5.53. The minimum atomic E-state index is -0.457. The lowest BCUT2D eigenvalue weighted by molar-refractivity contribution is -0.116. The number of fused-ring (bicyclic) bond motifs is 2. The molecule has 0 radical (unpaired) electrons. The first-order valence-electron chi connectivity index (χ1n) is 9.83. The van der Waals surface area contributed by atoms with Crippen molar-refractivity contribution >= 4 is 17.7 Å². The Morgan fingerprint density at radius 2 is 1.70 bits per heavy atom. The molecule has 3 rings (SSSR count). The predicted molar refractivity (Wildman–Crippen MR) is 106 cm³/mol. The number of hydrogen-bond donors (Lipinski definition) is 1. The fourth-order valence-electron chi connectivity index (χ4n) is 4.05. The highest BCUT2D eigenvalue weighted by atomic mass is 16.6. The quantitative estimate of drug-likeness (QED) is 0.880. The number of nitrogens with one attached hydrogen (secondary N) is 1. The average molecular weight is 373 g/mol. The Morgan fingerprint density at radius 1 is 1.07 bits per heavy atom. The van der Waals surface area contributed by atoms with Gasteiger partial charge in [0.15, 0.2) is 0 Å². The van der Waals surface area contributed by atoms with Crippen molar-refractivity contribution in [1.82, 2.24) is 9.80 Å². The molecule has 0 aliphatic carbocycles. The number of rotatable bonds is 4. The first kappa shape index (κ1) is 19.7. The molecule has 0 aromatic heterocycles. The highest BCUT2D eigenvalue weighted by Gasteiger charge is 2.37. The van der Waals surface area contributed by atoms with Crippen molar-refractivity contribution in [2.45, 2.75) is 39.2 Å². The maximum atomic E-state index is 12.4. The lowest BCUT2D eigenvalue weighted by atomic mass is 9.85. The molecule has 27 heavy (non-hydrogen) atoms. The third-order valence-electron chi connectivity index (χ3n) is 5.02. The number of carbonyl (C=O) groups excluding carboxylic acids is 2. The van der Waals surface area contributed by atoms with Gasteiger partial charge >= 0.3 is 6.09 Å². The Kier molecular flexibility index (Phi) is 6.05. The van der Waals surface area contributed by atoms with Crippen LogP contribution in [0.2, 0.25) is 0 Å². The first-order valence-corrected chi connectivity index (χ1v) is 9.83. The monoisotopic (exact) mass is 373 g/mol. The molecule has 2 fully saturated rings. The standard InChI is InChI=1S/C21H31N3O3/c1-21(2,3)27-20(26)24-14-16-11-17(15-24)13-23(12-16)10-9-19(25)22-18-7-5-4-6-8-18/h4-8,16-17H,9-15H2,1-3H3,(H,22,25). The van der Waals surface area contributed by atoms with E-state index in [4.69, 9.17) is 4.74 Å². The number of carbonyl (C=O) groups is 2. The highest BCUT2D eigenvalue weighted by Crippen LogP contribution is 2.29. The zero-order chi connectivity index (χ0) is 19.4. The van der Waals surface area contributed by atoms with E-state index in [2.05, 4.69) is 10.2 Å². The van der Waals surface area contributed by atoms with E-state index in [1.807, 2.05) is 56.0 Å². The van der Waals surface area contributed by atoms with Crippen LogP contribution in [0.25, 0.3) is 0 Å². The van der Waals surface area contributed by atoms with Crippen LogP contribution < -0.4 is 5.32 Å². The lowest BCUT2D eigenvalue weighted by Crippen LogP contribution is -2.55. The minimum Gasteiger partial charge on any atom is -0.444 e. The number of nitrogens with zero attached hydrogens (tertiary/aromatic N) is 2. The van der Waals surface area contributed by atoms with Crippen molar-refractivity contribution in [2.75, 3.05) is 38.0 Å². The van der Waals surface area contributed by atoms with Gasteiger partial charge in [0, 0.05) is 44.8 Å². The van der Waals surface area contributed by atoms with Crippen molar-refractivity contribution in [3.63, 3.8) is 0 Å². The molecule has 1 aromatic rings. The maximum absolute atomic E-state index is 12.4. The minimum absolute atomic E-state index is 0.0484. The van der Waals surface area contributed by atoms with E-state index in [9.17, 15) is 9.59 Å². The largest absolute Gasteiger partial charge is 0.444 e. The normalized spacial score (nSPS) is 23.0. The Morgan fingerprint density at radius 3 is 2.30 bits per heavy atom. The van der Waals surface area contributed by atoms with Crippen LogP contribution in [0.3, 0.4) is 0 Å². The van der Waals surface area contributed by atoms with E-state index < -0.39 is 5.60 Å². The summed E-state index contributed by atoms with van der Waals surface area (Å²) in [4.78, 5) is 28.8. The second kappa shape index (κ2) is 8.30. The molecule has 0 saturated carbocycles. The fraction of sp³-hybridized carbons (Fsp3) is 0.619. The van der Waals surface area contributed by atoms with Crippen molar-refractivity contribution in [2.24, 2.45) is 11.8 Å². The smallest absolute Gasteiger partial charge is 0.410 e. The van der Waals surface area contributed by atoms with E-state index in [1.165, 1.54) is 0 Å². The van der Waals surface area contributed by atoms with Crippen LogP contribution in [-0.4, -0.2) is 60.1 Å². The lowest BCUT2D eigenvalue weighted by Gasteiger charge is -2.45. The van der Waals surface area contributed by atoms with Crippen molar-refractivity contribution in [3.8, 4) is 0 Å². The molecular formula is C21H31N3O3. The second-order valence-corrected chi connectivity index (χ2v) is 8.78. The third-order valence-corrected chi connectivity index (χ3v) is 5.02. The zero-order valence-electron chi connectivity index (χ0n) is 16.6. The van der Waals surface area contributed by atoms with E-state index in [0.717, 1.165) is 44.8 Å². The summed E-state index contributed by atoms with van der Waals surface area (Å²) in [5.74, 6) is 0.969. The molecule has 6 heteroatoms. The van der Waals surface area contributed by atoms with Crippen LogP contribution in [0.4, 0.5) is 10.5 Å². The predicted octanol–water partition coefficient (Wildman–Crippen LogP) is 3.20. The molecule has 2 bridgehead atoms. The van der Waals surface area contributed by atoms with Crippen LogP contribution in [0, 0.1) is 11.8 Å². The van der Waals surface area contributed by atoms with Gasteiger partial charge in [-0.05, 0) is 51.2 Å². The topological polar surface area (TPSA) is 61.9 Å². The van der Waals surface area contributed by atoms with Crippen molar-refractivity contribution in [1.29, 1.82) is 0 Å². The van der Waals surface area contributed by atoms with E-state index in [0.29, 0.717) is 18.3 Å². The number of hydrogen-bond acceptors (Lipinski definition) is 4. The van der Waals surface area contributed by atoms with Gasteiger partial charge in [0.2, 0.25) is 5.91 Å². The Hall–Kier alpha value is -2.08. The highest BCUT2D eigenvalue weighted by molar-refractivity contribution is 5.90. The number of amides is 2. The molecule has 2 unspecified atom stereocenters. The number of piperidine rings is 2. The molecule has 0 spiro atoms. The van der Waals surface area contributed by atoms with Gasteiger partial charge in [-0.1, -0.05) is 18.2 Å². The Balaban J connectivity index is 1.45. The van der Waals surface area contributed by atoms with Gasteiger partial charge in [0.25, 0.3) is 0 Å². The molecule has 1 aromatic carbocycles. The molecule has 2 amide bonds. The second-order valence-electron chi connectivity index (χ2n) is 8.78. The summed E-state index contributed by atoms with van der Waals surface area (Å²) in [5.41, 5.74) is 0.382. The molecule has 148 valence electrons. The van der Waals surface area contributed by atoms with E-state index in [1.54, 1.807) is 0 Å². The summed E-state index contributed by atoms with van der Waals surface area (Å²) in [6.45, 7) is 9.84. The van der Waals surface area contributed by atoms with Crippen LogP contribution in [0.1, 0.15) is 33.6 Å². The Bertz CT molecular complexity index is 642. The summed E-state index contributed by atoms with van der Waals surface area (Å²) in [6.07, 6.45) is 1.45. The van der Waals surface area contributed by atoms with E-state index in [-0.39, 0.29) is 12.0 Å². The summed E-state index contributed by atoms with van der Waals surface area (Å²) in [5, 5.41) is 2.94. The van der Waals surface area contributed by atoms with Gasteiger partial charge in [0.05, 0.1) is 0 Å². The van der Waals surface area contributed by atoms with Crippen LogP contribution >= 0.6 is 0 Å². The van der Waals surface area contributed by atoms with Gasteiger partial charge in [0.1, 0.15) is 5.60 Å². The van der Waals surface area contributed by atoms with Gasteiger partial charge in [-0.25, -0.2) is 4.79 Å². The summed E-state index contributed by atoms with van der Waals surface area (Å²) >= 11 is 0. The molecule has 2 saturated heterocycles. The maximum Gasteiger partial charge on any atom is 0.410 e. The third kappa shape index (κ3) is 5.96. The molecule has 2 heterocycles. The van der Waals surface area contributed by atoms with Crippen LogP contribution in [0.15, 0.2) is 30.3 Å². The first-order chi connectivity index (χ1) is 12.8. The molecule has 2 aliphatic rings. The van der Waals surface area contributed by atoms with Crippen molar-refractivity contribution in [3.05, 3.63) is 30.3 Å². The summed E-state index contributed by atoms with van der Waals surface area (Å²) in [6, 6.07) is 9.56.